The summed E-state index contributed by atoms with van der Waals surface area (Å²) >= 11 is 0. The van der Waals surface area contributed by atoms with Crippen molar-refractivity contribution in [3.05, 3.63) is 35.0 Å². The monoisotopic (exact) mass is 388 g/mol. The standard InChI is InChI=1S/C17H19F3N2O3S/c1-4-5-6-16(2,23)15-8-11-7-12(10-21)13(17(18,19)20)9-14(11)22(15)26(3,24)25/h7-9,23H,4-6H2,1-3H3. The summed E-state index contributed by atoms with van der Waals surface area (Å²) in [5, 5.41) is 19.9. The van der Waals surface area contributed by atoms with Crippen molar-refractivity contribution in [2.75, 3.05) is 6.26 Å². The Morgan fingerprint density at radius 3 is 2.35 bits per heavy atom. The number of fused-ring (bicyclic) bond motifs is 1. The summed E-state index contributed by atoms with van der Waals surface area (Å²) in [5.41, 5.74) is -3.61. The average Bonchev–Trinajstić information content (AvgIpc) is 2.90. The molecule has 0 fully saturated rings. The lowest BCUT2D eigenvalue weighted by Gasteiger charge is -2.24. The van der Waals surface area contributed by atoms with Crippen LogP contribution in [0, 0.1) is 11.3 Å². The predicted molar refractivity (Wildman–Crippen MR) is 91.0 cm³/mol. The van der Waals surface area contributed by atoms with Crippen molar-refractivity contribution < 1.29 is 26.7 Å². The molecule has 1 heterocycles. The average molecular weight is 388 g/mol. The second-order valence-corrected chi connectivity index (χ2v) is 8.33. The molecule has 5 nitrogen and oxygen atoms in total. The van der Waals surface area contributed by atoms with E-state index in [0.29, 0.717) is 12.5 Å². The third-order valence-electron chi connectivity index (χ3n) is 4.22. The summed E-state index contributed by atoms with van der Waals surface area (Å²) < 4.78 is 65.0. The number of nitriles is 1. The minimum atomic E-state index is -4.81. The number of hydrogen-bond donors (Lipinski definition) is 1. The smallest absolute Gasteiger partial charge is 0.384 e. The molecule has 0 radical (unpaired) electrons. The van der Waals surface area contributed by atoms with E-state index in [-0.39, 0.29) is 23.0 Å². The molecule has 0 saturated carbocycles. The number of benzene rings is 1. The number of hydrogen-bond acceptors (Lipinski definition) is 4. The van der Waals surface area contributed by atoms with Gasteiger partial charge in [0, 0.05) is 5.39 Å². The summed E-state index contributed by atoms with van der Waals surface area (Å²) in [6.07, 6.45) is -2.35. The molecule has 0 saturated heterocycles. The quantitative estimate of drug-likeness (QED) is 0.846. The zero-order chi connectivity index (χ0) is 19.9. The lowest BCUT2D eigenvalue weighted by Crippen LogP contribution is -2.27. The van der Waals surface area contributed by atoms with Crippen molar-refractivity contribution in [1.82, 2.24) is 3.97 Å². The summed E-state index contributed by atoms with van der Waals surface area (Å²) in [6.45, 7) is 3.32. The van der Waals surface area contributed by atoms with Crippen LogP contribution in [0.2, 0.25) is 0 Å². The molecule has 9 heteroatoms. The minimum absolute atomic E-state index is 0.0216. The fraction of sp³-hybridized carbons (Fsp3) is 0.471. The van der Waals surface area contributed by atoms with E-state index in [2.05, 4.69) is 0 Å². The Morgan fingerprint density at radius 2 is 1.88 bits per heavy atom. The summed E-state index contributed by atoms with van der Waals surface area (Å²) in [5.74, 6) is 0. The van der Waals surface area contributed by atoms with Gasteiger partial charge in [-0.3, -0.25) is 0 Å². The third-order valence-corrected chi connectivity index (χ3v) is 5.28. The van der Waals surface area contributed by atoms with E-state index in [4.69, 9.17) is 5.26 Å². The fourth-order valence-electron chi connectivity index (χ4n) is 2.94. The first-order valence-electron chi connectivity index (χ1n) is 7.93. The van der Waals surface area contributed by atoms with Crippen LogP contribution < -0.4 is 0 Å². The van der Waals surface area contributed by atoms with Crippen LogP contribution in [0.4, 0.5) is 13.2 Å². The highest BCUT2D eigenvalue weighted by Crippen LogP contribution is 2.38. The minimum Gasteiger partial charge on any atom is -0.384 e. The van der Waals surface area contributed by atoms with Crippen molar-refractivity contribution in [3.8, 4) is 6.07 Å². The molecule has 0 aliphatic rings. The third kappa shape index (κ3) is 3.71. The molecule has 1 aromatic heterocycles. The maximum Gasteiger partial charge on any atom is 0.417 e. The number of halogens is 3. The van der Waals surface area contributed by atoms with Gasteiger partial charge in [-0.2, -0.15) is 18.4 Å². The lowest BCUT2D eigenvalue weighted by molar-refractivity contribution is -0.137. The zero-order valence-electron chi connectivity index (χ0n) is 14.6. The first kappa shape index (κ1) is 20.3. The normalized spacial score (nSPS) is 15.0. The zero-order valence-corrected chi connectivity index (χ0v) is 15.4. The van der Waals surface area contributed by atoms with Crippen molar-refractivity contribution in [2.24, 2.45) is 0 Å². The lowest BCUT2D eigenvalue weighted by atomic mass is 9.95. The van der Waals surface area contributed by atoms with Gasteiger partial charge in [-0.25, -0.2) is 12.4 Å². The van der Waals surface area contributed by atoms with E-state index in [9.17, 15) is 26.7 Å². The number of alkyl halides is 3. The molecule has 2 rings (SSSR count). The highest BCUT2D eigenvalue weighted by Gasteiger charge is 2.36. The highest BCUT2D eigenvalue weighted by molar-refractivity contribution is 7.89. The van der Waals surface area contributed by atoms with E-state index in [1.165, 1.54) is 19.1 Å². The van der Waals surface area contributed by atoms with E-state index >= 15 is 0 Å². The van der Waals surface area contributed by atoms with E-state index in [1.54, 1.807) is 0 Å². The molecular weight excluding hydrogens is 369 g/mol. The Morgan fingerprint density at radius 1 is 1.27 bits per heavy atom. The molecule has 1 N–H and O–H groups in total. The van der Waals surface area contributed by atoms with Gasteiger partial charge in [-0.1, -0.05) is 19.8 Å². The van der Waals surface area contributed by atoms with Gasteiger partial charge in [-0.15, -0.1) is 0 Å². The second-order valence-electron chi connectivity index (χ2n) is 6.50. The van der Waals surface area contributed by atoms with E-state index in [1.807, 2.05) is 6.92 Å². The number of nitrogens with zero attached hydrogens (tertiary/aromatic N) is 2. The van der Waals surface area contributed by atoms with Crippen LogP contribution in [0.25, 0.3) is 10.9 Å². The molecule has 1 unspecified atom stereocenters. The molecule has 0 aliphatic carbocycles. The summed E-state index contributed by atoms with van der Waals surface area (Å²) in [6, 6.07) is 4.47. The molecule has 0 aliphatic heterocycles. The maximum atomic E-state index is 13.2. The number of aromatic nitrogens is 1. The Hall–Kier alpha value is -2.05. The topological polar surface area (TPSA) is 83.1 Å². The number of aliphatic hydroxyl groups is 1. The highest BCUT2D eigenvalue weighted by atomic mass is 32.2. The second kappa shape index (κ2) is 6.59. The molecule has 1 atom stereocenters. The molecule has 1 aromatic carbocycles. The molecule has 26 heavy (non-hydrogen) atoms. The van der Waals surface area contributed by atoms with Crippen molar-refractivity contribution >= 4 is 20.9 Å². The Bertz CT molecular complexity index is 983. The molecule has 142 valence electrons. The van der Waals surface area contributed by atoms with Crippen LogP contribution in [0.1, 0.15) is 49.9 Å². The summed E-state index contributed by atoms with van der Waals surface area (Å²) in [7, 11) is -4.00. The van der Waals surface area contributed by atoms with Gasteiger partial charge < -0.3 is 5.11 Å². The van der Waals surface area contributed by atoms with Crippen molar-refractivity contribution in [1.29, 1.82) is 5.26 Å². The van der Waals surface area contributed by atoms with E-state index in [0.717, 1.165) is 22.7 Å². The number of unbranched alkanes of at least 4 members (excludes halogenated alkanes) is 1. The first-order chi connectivity index (χ1) is 11.8. The van der Waals surface area contributed by atoms with Crippen LogP contribution in [0.3, 0.4) is 0 Å². The van der Waals surface area contributed by atoms with Gasteiger partial charge in [0.25, 0.3) is 0 Å². The maximum absolute atomic E-state index is 13.2. The summed E-state index contributed by atoms with van der Waals surface area (Å²) in [4.78, 5) is 0. The van der Waals surface area contributed by atoms with Crippen LogP contribution >= 0.6 is 0 Å². The van der Waals surface area contributed by atoms with Gasteiger partial charge in [-0.05, 0) is 31.5 Å². The van der Waals surface area contributed by atoms with Gasteiger partial charge in [0.05, 0.1) is 34.7 Å². The fourth-order valence-corrected chi connectivity index (χ4v) is 4.06. The van der Waals surface area contributed by atoms with Gasteiger partial charge >= 0.3 is 6.18 Å². The van der Waals surface area contributed by atoms with Gasteiger partial charge in [0.15, 0.2) is 0 Å². The van der Waals surface area contributed by atoms with Crippen LogP contribution in [-0.2, 0) is 21.8 Å². The van der Waals surface area contributed by atoms with E-state index < -0.39 is 32.9 Å². The molecule has 0 bridgehead atoms. The van der Waals surface area contributed by atoms with Crippen molar-refractivity contribution in [3.63, 3.8) is 0 Å². The first-order valence-corrected chi connectivity index (χ1v) is 9.78. The largest absolute Gasteiger partial charge is 0.417 e. The van der Waals surface area contributed by atoms with Gasteiger partial charge in [0.2, 0.25) is 10.0 Å². The van der Waals surface area contributed by atoms with Crippen LogP contribution in [-0.4, -0.2) is 23.8 Å². The number of rotatable bonds is 5. The van der Waals surface area contributed by atoms with Crippen LogP contribution in [0.5, 0.6) is 0 Å². The molecular formula is C17H19F3N2O3S. The SMILES string of the molecule is CCCCC(C)(O)c1cc2cc(C#N)c(C(F)(F)F)cc2n1S(C)(=O)=O. The Balaban J connectivity index is 2.91. The molecule has 0 amide bonds. The van der Waals surface area contributed by atoms with Gasteiger partial charge in [0.1, 0.15) is 5.60 Å². The van der Waals surface area contributed by atoms with Crippen LogP contribution in [0.15, 0.2) is 18.2 Å². The Kier molecular flexibility index (Phi) is 5.14. The van der Waals surface area contributed by atoms with Crippen molar-refractivity contribution in [2.45, 2.75) is 44.9 Å². The Labute approximate surface area is 149 Å². The molecule has 2 aromatic rings. The predicted octanol–water partition coefficient (Wildman–Crippen LogP) is 3.74. The molecule has 0 spiro atoms.